The van der Waals surface area contributed by atoms with Crippen LogP contribution in [0.3, 0.4) is 0 Å². The number of ether oxygens (including phenoxy) is 2. The maximum atomic E-state index is 12.5. The third kappa shape index (κ3) is 5.80. The van der Waals surface area contributed by atoms with E-state index >= 15 is 0 Å². The number of aromatic nitrogens is 3. The zero-order valence-corrected chi connectivity index (χ0v) is 23.3. The van der Waals surface area contributed by atoms with Crippen molar-refractivity contribution in [3.8, 4) is 5.88 Å². The summed E-state index contributed by atoms with van der Waals surface area (Å²) in [7, 11) is 1.87. The van der Waals surface area contributed by atoms with E-state index in [0.717, 1.165) is 27.1 Å². The van der Waals surface area contributed by atoms with E-state index < -0.39 is 5.60 Å². The van der Waals surface area contributed by atoms with Crippen LogP contribution in [0.25, 0.3) is 11.0 Å². The SMILES string of the molecule is Cc1cc(Nc2ccc3c(n2)c(OCc2cccc(C(=O)OC(C)(C)C)c2)nn3C)c(C2CC2)cc1Br. The van der Waals surface area contributed by atoms with Crippen LogP contribution >= 0.6 is 15.9 Å². The molecule has 0 spiro atoms. The number of halogens is 1. The monoisotopic (exact) mass is 562 g/mol. The minimum absolute atomic E-state index is 0.250. The van der Waals surface area contributed by atoms with Gasteiger partial charge in [-0.2, -0.15) is 0 Å². The average Bonchev–Trinajstić information content (AvgIpc) is 3.63. The molecular weight excluding hydrogens is 532 g/mol. The molecule has 1 fully saturated rings. The van der Waals surface area contributed by atoms with Crippen molar-refractivity contribution in [3.05, 3.63) is 75.3 Å². The molecule has 1 saturated carbocycles. The number of nitrogens with zero attached hydrogens (tertiary/aromatic N) is 3. The highest BCUT2D eigenvalue weighted by atomic mass is 79.9. The molecule has 5 rings (SSSR count). The van der Waals surface area contributed by atoms with Gasteiger partial charge in [-0.15, -0.1) is 5.10 Å². The van der Waals surface area contributed by atoms with Gasteiger partial charge in [-0.3, -0.25) is 4.68 Å². The van der Waals surface area contributed by atoms with E-state index in [4.69, 9.17) is 14.5 Å². The van der Waals surface area contributed by atoms with Crippen molar-refractivity contribution in [1.82, 2.24) is 14.8 Å². The van der Waals surface area contributed by atoms with Crippen LogP contribution in [0, 0.1) is 6.92 Å². The third-order valence-corrected chi connectivity index (χ3v) is 7.07. The highest BCUT2D eigenvalue weighted by Gasteiger charge is 2.27. The van der Waals surface area contributed by atoms with Crippen molar-refractivity contribution in [2.45, 2.75) is 58.7 Å². The number of hydrogen-bond acceptors (Lipinski definition) is 6. The molecule has 2 heterocycles. The number of rotatable bonds is 7. The van der Waals surface area contributed by atoms with Crippen molar-refractivity contribution in [2.75, 3.05) is 5.32 Å². The van der Waals surface area contributed by atoms with Gasteiger partial charge in [-0.05, 0) is 99.5 Å². The Morgan fingerprint density at radius 3 is 2.68 bits per heavy atom. The van der Waals surface area contributed by atoms with Crippen LogP contribution < -0.4 is 10.1 Å². The molecule has 1 aliphatic rings. The Morgan fingerprint density at radius 1 is 1.16 bits per heavy atom. The van der Waals surface area contributed by atoms with Gasteiger partial charge in [0.05, 0.1) is 11.1 Å². The van der Waals surface area contributed by atoms with E-state index in [1.54, 1.807) is 16.8 Å². The summed E-state index contributed by atoms with van der Waals surface area (Å²) in [6.45, 7) is 7.90. The van der Waals surface area contributed by atoms with Crippen molar-refractivity contribution in [1.29, 1.82) is 0 Å². The number of aryl methyl sites for hydroxylation is 2. The molecule has 4 aromatic rings. The summed E-state index contributed by atoms with van der Waals surface area (Å²) in [5.41, 5.74) is 5.90. The predicted molar refractivity (Wildman–Crippen MR) is 149 cm³/mol. The highest BCUT2D eigenvalue weighted by molar-refractivity contribution is 9.10. The number of benzene rings is 2. The van der Waals surface area contributed by atoms with Crippen molar-refractivity contribution in [2.24, 2.45) is 7.05 Å². The largest absolute Gasteiger partial charge is 0.470 e. The first-order chi connectivity index (χ1) is 17.6. The first-order valence-electron chi connectivity index (χ1n) is 12.4. The molecule has 1 aliphatic carbocycles. The number of carbonyl (C=O) groups is 1. The van der Waals surface area contributed by atoms with E-state index in [0.29, 0.717) is 22.9 Å². The summed E-state index contributed by atoms with van der Waals surface area (Å²) in [5, 5.41) is 8.07. The molecule has 37 heavy (non-hydrogen) atoms. The molecule has 1 N–H and O–H groups in total. The standard InChI is InChI=1S/C29H31BrN4O3/c1-17-13-23(21(15-22(17)30)19-9-10-19)31-25-12-11-24-26(32-25)27(33-34(24)5)36-16-18-7-6-8-20(14-18)28(35)37-29(2,3)4/h6-8,11-15,19H,9-10,16H2,1-5H3,(H,31,32). The number of carbonyl (C=O) groups excluding carboxylic acids is 1. The van der Waals surface area contributed by atoms with E-state index in [1.807, 2.05) is 52.1 Å². The van der Waals surface area contributed by atoms with E-state index in [9.17, 15) is 4.79 Å². The first-order valence-corrected chi connectivity index (χ1v) is 13.2. The summed E-state index contributed by atoms with van der Waals surface area (Å²) in [6, 6.07) is 15.6. The van der Waals surface area contributed by atoms with Gasteiger partial charge < -0.3 is 14.8 Å². The maximum absolute atomic E-state index is 12.5. The zero-order chi connectivity index (χ0) is 26.3. The quantitative estimate of drug-likeness (QED) is 0.240. The number of hydrogen-bond donors (Lipinski definition) is 1. The predicted octanol–water partition coefficient (Wildman–Crippen LogP) is 7.19. The van der Waals surface area contributed by atoms with E-state index in [-0.39, 0.29) is 12.6 Å². The maximum Gasteiger partial charge on any atom is 0.338 e. The summed E-state index contributed by atoms with van der Waals surface area (Å²) in [5.74, 6) is 1.42. The Hall–Kier alpha value is -3.39. The Morgan fingerprint density at radius 2 is 1.95 bits per heavy atom. The number of esters is 1. The molecule has 2 aromatic heterocycles. The lowest BCUT2D eigenvalue weighted by atomic mass is 10.1. The van der Waals surface area contributed by atoms with Crippen LogP contribution in [0.1, 0.15) is 66.6 Å². The van der Waals surface area contributed by atoms with E-state index in [2.05, 4.69) is 45.4 Å². The fourth-order valence-corrected chi connectivity index (χ4v) is 4.59. The van der Waals surface area contributed by atoms with Crippen LogP contribution in [-0.4, -0.2) is 26.3 Å². The van der Waals surface area contributed by atoms with Gasteiger partial charge in [-0.25, -0.2) is 9.78 Å². The molecule has 0 bridgehead atoms. The van der Waals surface area contributed by atoms with Crippen molar-refractivity contribution < 1.29 is 14.3 Å². The van der Waals surface area contributed by atoms with Crippen molar-refractivity contribution in [3.63, 3.8) is 0 Å². The molecular formula is C29H31BrN4O3. The number of fused-ring (bicyclic) bond motifs is 1. The van der Waals surface area contributed by atoms with Gasteiger partial charge in [-0.1, -0.05) is 28.1 Å². The normalized spacial score (nSPS) is 13.6. The highest BCUT2D eigenvalue weighted by Crippen LogP contribution is 2.45. The molecule has 0 amide bonds. The van der Waals surface area contributed by atoms with Gasteiger partial charge in [0.25, 0.3) is 5.88 Å². The lowest BCUT2D eigenvalue weighted by Crippen LogP contribution is -2.23. The molecule has 7 nitrogen and oxygen atoms in total. The van der Waals surface area contributed by atoms with Crippen LogP contribution in [0.5, 0.6) is 5.88 Å². The minimum Gasteiger partial charge on any atom is -0.470 e. The van der Waals surface area contributed by atoms with Crippen LogP contribution in [-0.2, 0) is 18.4 Å². The summed E-state index contributed by atoms with van der Waals surface area (Å²) in [6.07, 6.45) is 2.43. The zero-order valence-electron chi connectivity index (χ0n) is 21.8. The number of pyridine rings is 1. The van der Waals surface area contributed by atoms with Gasteiger partial charge in [0.15, 0.2) is 5.52 Å². The van der Waals surface area contributed by atoms with Gasteiger partial charge in [0, 0.05) is 17.2 Å². The van der Waals surface area contributed by atoms with Crippen LogP contribution in [0.4, 0.5) is 11.5 Å². The molecule has 0 unspecified atom stereocenters. The van der Waals surface area contributed by atoms with E-state index in [1.165, 1.54) is 24.0 Å². The lowest BCUT2D eigenvalue weighted by Gasteiger charge is -2.19. The lowest BCUT2D eigenvalue weighted by molar-refractivity contribution is 0.00693. The molecule has 2 aromatic carbocycles. The Labute approximate surface area is 225 Å². The molecule has 0 saturated heterocycles. The second kappa shape index (κ2) is 9.82. The first kappa shape index (κ1) is 25.3. The average molecular weight is 563 g/mol. The number of anilines is 2. The Bertz CT molecular complexity index is 1480. The van der Waals surface area contributed by atoms with Gasteiger partial charge in [0.1, 0.15) is 18.0 Å². The topological polar surface area (TPSA) is 78.3 Å². The molecule has 8 heteroatoms. The van der Waals surface area contributed by atoms with Crippen LogP contribution in [0.15, 0.2) is 53.0 Å². The smallest absolute Gasteiger partial charge is 0.338 e. The summed E-state index contributed by atoms with van der Waals surface area (Å²) in [4.78, 5) is 17.3. The Kier molecular flexibility index (Phi) is 6.70. The molecule has 0 atom stereocenters. The fourth-order valence-electron chi connectivity index (χ4n) is 4.23. The molecule has 192 valence electrons. The second-order valence-corrected chi connectivity index (χ2v) is 11.4. The van der Waals surface area contributed by atoms with Gasteiger partial charge >= 0.3 is 5.97 Å². The Balaban J connectivity index is 1.37. The van der Waals surface area contributed by atoms with Crippen LogP contribution in [0.2, 0.25) is 0 Å². The minimum atomic E-state index is -0.553. The molecule has 0 radical (unpaired) electrons. The van der Waals surface area contributed by atoms with Crippen molar-refractivity contribution >= 4 is 44.4 Å². The summed E-state index contributed by atoms with van der Waals surface area (Å²) >= 11 is 3.67. The molecule has 0 aliphatic heterocycles. The second-order valence-electron chi connectivity index (χ2n) is 10.6. The van der Waals surface area contributed by atoms with Gasteiger partial charge in [0.2, 0.25) is 0 Å². The summed E-state index contributed by atoms with van der Waals surface area (Å²) < 4.78 is 14.5. The fraction of sp³-hybridized carbons (Fsp3) is 0.345. The number of nitrogens with one attached hydrogen (secondary N) is 1. The third-order valence-electron chi connectivity index (χ3n) is 6.21.